The fourth-order valence-corrected chi connectivity index (χ4v) is 3.90. The third kappa shape index (κ3) is 3.73. The number of aryl methyl sites for hydroxylation is 2. The zero-order valence-electron chi connectivity index (χ0n) is 13.9. The Labute approximate surface area is 148 Å². The Kier molecular flexibility index (Phi) is 5.17. The molecule has 1 aliphatic rings. The lowest BCUT2D eigenvalue weighted by molar-refractivity contribution is -0.0499. The van der Waals surface area contributed by atoms with Crippen LogP contribution >= 0.6 is 11.5 Å². The summed E-state index contributed by atoms with van der Waals surface area (Å²) < 4.78 is 33.4. The molecule has 3 rings (SSSR count). The number of rotatable bonds is 5. The van der Waals surface area contributed by atoms with Gasteiger partial charge in [-0.25, -0.2) is 0 Å². The van der Waals surface area contributed by atoms with Gasteiger partial charge in [-0.2, -0.15) is 13.2 Å². The second-order valence-corrected chi connectivity index (χ2v) is 6.65. The van der Waals surface area contributed by atoms with Crippen LogP contribution < -0.4 is 15.4 Å². The number of halogens is 2. The predicted molar refractivity (Wildman–Crippen MR) is 92.6 cm³/mol. The van der Waals surface area contributed by atoms with Crippen LogP contribution in [-0.2, 0) is 6.42 Å². The molecular formula is C17H19F2N3O2S. The molecule has 0 saturated heterocycles. The van der Waals surface area contributed by atoms with E-state index in [1.54, 1.807) is 26.1 Å². The van der Waals surface area contributed by atoms with Gasteiger partial charge in [0.25, 0.3) is 5.91 Å². The van der Waals surface area contributed by atoms with Crippen molar-refractivity contribution in [2.24, 2.45) is 0 Å². The van der Waals surface area contributed by atoms with Crippen LogP contribution in [0.5, 0.6) is 5.75 Å². The van der Waals surface area contributed by atoms with Gasteiger partial charge in [0.2, 0.25) is 0 Å². The Morgan fingerprint density at radius 3 is 2.96 bits per heavy atom. The maximum Gasteiger partial charge on any atom is 0.387 e. The molecular weight excluding hydrogens is 348 g/mol. The Hall–Kier alpha value is -2.22. The number of benzene rings is 1. The van der Waals surface area contributed by atoms with E-state index in [1.165, 1.54) is 17.6 Å². The monoisotopic (exact) mass is 367 g/mol. The van der Waals surface area contributed by atoms with Crippen molar-refractivity contribution >= 4 is 22.4 Å². The molecule has 0 bridgehead atoms. The highest BCUT2D eigenvalue weighted by atomic mass is 32.1. The topological polar surface area (TPSA) is 63.2 Å². The number of hydrogen-bond donors (Lipinski definition) is 2. The Balaban J connectivity index is 1.81. The van der Waals surface area contributed by atoms with Gasteiger partial charge < -0.3 is 15.4 Å². The van der Waals surface area contributed by atoms with E-state index in [2.05, 4.69) is 19.7 Å². The van der Waals surface area contributed by atoms with Crippen molar-refractivity contribution < 1.29 is 18.3 Å². The number of hydrogen-bond acceptors (Lipinski definition) is 5. The molecule has 0 spiro atoms. The lowest BCUT2D eigenvalue weighted by Crippen LogP contribution is -2.31. The highest BCUT2D eigenvalue weighted by Crippen LogP contribution is 2.33. The van der Waals surface area contributed by atoms with E-state index in [1.807, 2.05) is 0 Å². The molecule has 1 aliphatic carbocycles. The van der Waals surface area contributed by atoms with Crippen molar-refractivity contribution in [1.29, 1.82) is 0 Å². The maximum absolute atomic E-state index is 12.7. The van der Waals surface area contributed by atoms with Gasteiger partial charge in [0.1, 0.15) is 10.8 Å². The first-order valence-electron chi connectivity index (χ1n) is 8.02. The van der Waals surface area contributed by atoms with E-state index >= 15 is 0 Å². The number of carbonyl (C=O) groups is 1. The number of aromatic nitrogens is 1. The Morgan fingerprint density at radius 2 is 2.24 bits per heavy atom. The van der Waals surface area contributed by atoms with E-state index in [-0.39, 0.29) is 17.7 Å². The molecule has 0 saturated carbocycles. The van der Waals surface area contributed by atoms with Gasteiger partial charge in [0.05, 0.1) is 17.3 Å². The van der Waals surface area contributed by atoms with Crippen molar-refractivity contribution in [2.45, 2.75) is 38.8 Å². The number of carbonyl (C=O) groups excluding carboxylic acids is 1. The summed E-state index contributed by atoms with van der Waals surface area (Å²) in [6.45, 7) is -1.04. The Bertz CT molecular complexity index is 779. The molecule has 1 unspecified atom stereocenters. The third-order valence-corrected chi connectivity index (χ3v) is 5.23. The number of nitrogens with one attached hydrogen (secondary N) is 2. The molecule has 0 aliphatic heterocycles. The molecule has 25 heavy (non-hydrogen) atoms. The van der Waals surface area contributed by atoms with Crippen molar-refractivity contribution in [3.05, 3.63) is 40.6 Å². The summed E-state index contributed by atoms with van der Waals surface area (Å²) >= 11 is 1.25. The highest BCUT2D eigenvalue weighted by molar-refractivity contribution is 7.10. The minimum atomic E-state index is -2.84. The van der Waals surface area contributed by atoms with Gasteiger partial charge in [0, 0.05) is 7.05 Å². The predicted octanol–water partition coefficient (Wildman–Crippen LogP) is 3.90. The summed E-state index contributed by atoms with van der Waals surface area (Å²) in [5.74, 6) is -0.0302. The van der Waals surface area contributed by atoms with Crippen LogP contribution in [0.15, 0.2) is 18.2 Å². The number of fused-ring (bicyclic) bond motifs is 1. The second-order valence-electron chi connectivity index (χ2n) is 5.88. The van der Waals surface area contributed by atoms with E-state index in [4.69, 9.17) is 0 Å². The summed E-state index contributed by atoms with van der Waals surface area (Å²) in [6, 6.07) is 4.76. The molecule has 1 heterocycles. The first kappa shape index (κ1) is 17.6. The van der Waals surface area contributed by atoms with Crippen LogP contribution in [0.25, 0.3) is 0 Å². The van der Waals surface area contributed by atoms with E-state index in [0.29, 0.717) is 11.3 Å². The number of anilines is 1. The van der Waals surface area contributed by atoms with Gasteiger partial charge in [-0.05, 0) is 61.0 Å². The minimum absolute atomic E-state index is 0.149. The molecule has 2 N–H and O–H groups in total. The van der Waals surface area contributed by atoms with E-state index < -0.39 is 6.61 Å². The van der Waals surface area contributed by atoms with Crippen molar-refractivity contribution in [3.8, 4) is 5.75 Å². The van der Waals surface area contributed by atoms with Crippen molar-refractivity contribution in [1.82, 2.24) is 9.69 Å². The normalized spacial score (nSPS) is 16.4. The summed E-state index contributed by atoms with van der Waals surface area (Å²) in [4.78, 5) is 12.7. The van der Waals surface area contributed by atoms with Crippen LogP contribution in [-0.4, -0.2) is 23.9 Å². The smallest absolute Gasteiger partial charge is 0.387 e. The first-order chi connectivity index (χ1) is 12.0. The van der Waals surface area contributed by atoms with Crippen molar-refractivity contribution in [3.63, 3.8) is 0 Å². The van der Waals surface area contributed by atoms with Gasteiger partial charge in [0.15, 0.2) is 0 Å². The van der Waals surface area contributed by atoms with E-state index in [9.17, 15) is 13.6 Å². The van der Waals surface area contributed by atoms with Gasteiger partial charge >= 0.3 is 6.61 Å². The van der Waals surface area contributed by atoms with Gasteiger partial charge in [-0.15, -0.1) is 0 Å². The molecule has 5 nitrogen and oxygen atoms in total. The fourth-order valence-electron chi connectivity index (χ4n) is 3.15. The summed E-state index contributed by atoms with van der Waals surface area (Å²) in [7, 11) is 1.75. The van der Waals surface area contributed by atoms with Crippen molar-refractivity contribution in [2.75, 3.05) is 12.4 Å². The molecule has 1 atom stereocenters. The summed E-state index contributed by atoms with van der Waals surface area (Å²) in [5, 5.41) is 6.77. The van der Waals surface area contributed by atoms with E-state index in [0.717, 1.165) is 35.4 Å². The zero-order valence-corrected chi connectivity index (χ0v) is 14.8. The average molecular weight is 367 g/mol. The quantitative estimate of drug-likeness (QED) is 0.841. The molecule has 1 aromatic carbocycles. The van der Waals surface area contributed by atoms with Crippen LogP contribution in [0, 0.1) is 6.92 Å². The van der Waals surface area contributed by atoms with Crippen LogP contribution in [0.4, 0.5) is 13.8 Å². The minimum Gasteiger partial charge on any atom is -0.435 e. The Morgan fingerprint density at radius 1 is 1.44 bits per heavy atom. The average Bonchev–Trinajstić information content (AvgIpc) is 2.95. The number of alkyl halides is 2. The number of ether oxygens (including phenoxy) is 1. The number of amides is 1. The largest absolute Gasteiger partial charge is 0.435 e. The fraction of sp³-hybridized carbons (Fsp3) is 0.412. The molecule has 0 fully saturated rings. The molecule has 2 aromatic rings. The van der Waals surface area contributed by atoms with Gasteiger partial charge in [-0.1, -0.05) is 6.07 Å². The van der Waals surface area contributed by atoms with Crippen LogP contribution in [0.1, 0.15) is 46.1 Å². The number of nitrogens with zero attached hydrogens (tertiary/aromatic N) is 1. The molecule has 1 amide bonds. The molecule has 8 heteroatoms. The lowest BCUT2D eigenvalue weighted by atomic mass is 9.87. The zero-order chi connectivity index (χ0) is 18.0. The van der Waals surface area contributed by atoms with Crippen LogP contribution in [0.2, 0.25) is 0 Å². The molecule has 1 aromatic heterocycles. The standard InChI is InChI=1S/C17H19F2N3O2S/c1-9-14(16(20-2)25-22-9)15(23)21-13-5-3-4-10-8-11(24-17(18)19)6-7-12(10)13/h6-8,13,17,20H,3-5H2,1-2H3,(H,21,23). The summed E-state index contributed by atoms with van der Waals surface area (Å²) in [5.41, 5.74) is 3.12. The summed E-state index contributed by atoms with van der Waals surface area (Å²) in [6.07, 6.45) is 2.46. The SMILES string of the molecule is CNc1snc(C)c1C(=O)NC1CCCc2cc(OC(F)F)ccc21. The van der Waals surface area contributed by atoms with Gasteiger partial charge in [-0.3, -0.25) is 4.79 Å². The highest BCUT2D eigenvalue weighted by Gasteiger charge is 2.25. The van der Waals surface area contributed by atoms with Crippen LogP contribution in [0.3, 0.4) is 0 Å². The maximum atomic E-state index is 12.7. The first-order valence-corrected chi connectivity index (χ1v) is 8.79. The molecule has 0 radical (unpaired) electrons. The second kappa shape index (κ2) is 7.35. The lowest BCUT2D eigenvalue weighted by Gasteiger charge is -2.27. The molecule has 134 valence electrons. The third-order valence-electron chi connectivity index (χ3n) is 4.28.